The third kappa shape index (κ3) is 4.42. The molecule has 0 radical (unpaired) electrons. The van der Waals surface area contributed by atoms with Crippen LogP contribution in [0.5, 0.6) is 0 Å². The number of rotatable bonds is 5. The average Bonchev–Trinajstić information content (AvgIpc) is 2.62. The van der Waals surface area contributed by atoms with Gasteiger partial charge in [-0.3, -0.25) is 10.9 Å². The van der Waals surface area contributed by atoms with Crippen LogP contribution in [0.2, 0.25) is 0 Å². The number of benzene rings is 2. The van der Waals surface area contributed by atoms with Gasteiger partial charge in [-0.25, -0.2) is 0 Å². The van der Waals surface area contributed by atoms with E-state index in [1.165, 1.54) is 0 Å². The second-order valence-corrected chi connectivity index (χ2v) is 4.52. The lowest BCUT2D eigenvalue weighted by Gasteiger charge is -2.09. The minimum absolute atomic E-state index is 0.239. The van der Waals surface area contributed by atoms with Crippen molar-refractivity contribution in [2.45, 2.75) is 6.92 Å². The first-order chi connectivity index (χ1) is 11.2. The van der Waals surface area contributed by atoms with Crippen LogP contribution in [0.4, 0.5) is 11.4 Å². The molecule has 0 saturated heterocycles. The van der Waals surface area contributed by atoms with E-state index >= 15 is 0 Å². The largest absolute Gasteiger partial charge is 0.278 e. The van der Waals surface area contributed by atoms with Gasteiger partial charge in [0.05, 0.1) is 17.1 Å². The lowest BCUT2D eigenvalue weighted by atomic mass is 10.1. The van der Waals surface area contributed by atoms with Crippen molar-refractivity contribution in [3.8, 4) is 12.1 Å². The zero-order valence-electron chi connectivity index (χ0n) is 12.5. The number of anilines is 2. The Kier molecular flexibility index (Phi) is 5.45. The van der Waals surface area contributed by atoms with Gasteiger partial charge >= 0.3 is 0 Å². The third-order valence-corrected chi connectivity index (χ3v) is 2.94. The smallest absolute Gasteiger partial charge is 0.237 e. The van der Waals surface area contributed by atoms with Crippen molar-refractivity contribution >= 4 is 22.8 Å². The fraction of sp³-hybridized carbons (Fsp3) is 0.0588. The van der Waals surface area contributed by atoms with Crippen LogP contribution in [0.25, 0.3) is 0 Å². The second-order valence-electron chi connectivity index (χ2n) is 4.52. The molecular formula is C17H14N6. The molecule has 0 atom stereocenters. The molecule has 6 heteroatoms. The minimum atomic E-state index is -0.239. The molecule has 0 bridgehead atoms. The summed E-state index contributed by atoms with van der Waals surface area (Å²) in [5.41, 5.74) is 8.56. The van der Waals surface area contributed by atoms with Crippen molar-refractivity contribution < 1.29 is 0 Å². The number of hydrogen-bond donors (Lipinski definition) is 2. The molecule has 0 heterocycles. The summed E-state index contributed by atoms with van der Waals surface area (Å²) in [6.45, 7) is 1.86. The molecule has 0 amide bonds. The van der Waals surface area contributed by atoms with Gasteiger partial charge in [-0.05, 0) is 25.1 Å². The number of hydrazone groups is 2. The molecule has 112 valence electrons. The van der Waals surface area contributed by atoms with Crippen LogP contribution in [0.15, 0.2) is 64.8 Å². The molecule has 0 spiro atoms. The number of nitriles is 2. The number of nitrogens with zero attached hydrogens (tertiary/aromatic N) is 4. The molecule has 0 aliphatic rings. The Morgan fingerprint density at radius 2 is 1.52 bits per heavy atom. The highest BCUT2D eigenvalue weighted by atomic mass is 15.3. The molecule has 6 nitrogen and oxygen atoms in total. The highest BCUT2D eigenvalue weighted by Crippen LogP contribution is 2.16. The van der Waals surface area contributed by atoms with Gasteiger partial charge in [0.15, 0.2) is 0 Å². The summed E-state index contributed by atoms with van der Waals surface area (Å²) in [5.74, 6) is 0. The van der Waals surface area contributed by atoms with Crippen LogP contribution in [0.3, 0.4) is 0 Å². The lowest BCUT2D eigenvalue weighted by molar-refractivity contribution is 1.30. The van der Waals surface area contributed by atoms with E-state index in [-0.39, 0.29) is 5.71 Å². The van der Waals surface area contributed by atoms with Gasteiger partial charge in [0.1, 0.15) is 12.1 Å². The van der Waals surface area contributed by atoms with Crippen molar-refractivity contribution in [2.24, 2.45) is 10.2 Å². The van der Waals surface area contributed by atoms with Gasteiger partial charge in [0, 0.05) is 5.56 Å². The molecule has 2 aromatic carbocycles. The Balaban J connectivity index is 2.21. The Bertz CT molecular complexity index is 793. The summed E-state index contributed by atoms with van der Waals surface area (Å²) in [4.78, 5) is 0. The summed E-state index contributed by atoms with van der Waals surface area (Å²) in [5, 5.41) is 25.5. The zero-order valence-corrected chi connectivity index (χ0v) is 12.5. The van der Waals surface area contributed by atoms with Gasteiger partial charge < -0.3 is 0 Å². The summed E-state index contributed by atoms with van der Waals surface area (Å²) in [7, 11) is 0. The van der Waals surface area contributed by atoms with Crippen LogP contribution >= 0.6 is 0 Å². The molecule has 23 heavy (non-hydrogen) atoms. The van der Waals surface area contributed by atoms with E-state index in [1.807, 2.05) is 55.5 Å². The molecule has 2 rings (SSSR count). The Labute approximate surface area is 134 Å². The first-order valence-corrected chi connectivity index (χ1v) is 6.83. The second kappa shape index (κ2) is 7.96. The van der Waals surface area contributed by atoms with Crippen molar-refractivity contribution in [2.75, 3.05) is 10.9 Å². The van der Waals surface area contributed by atoms with E-state index in [1.54, 1.807) is 18.2 Å². The predicted molar refractivity (Wildman–Crippen MR) is 91.0 cm³/mol. The van der Waals surface area contributed by atoms with Gasteiger partial charge in [0.2, 0.25) is 5.71 Å². The monoisotopic (exact) mass is 302 g/mol. The van der Waals surface area contributed by atoms with Gasteiger partial charge in [-0.2, -0.15) is 20.7 Å². The Hall–Kier alpha value is -3.64. The van der Waals surface area contributed by atoms with E-state index in [9.17, 15) is 0 Å². The van der Waals surface area contributed by atoms with Crippen LogP contribution in [-0.2, 0) is 0 Å². The molecule has 0 unspecified atom stereocenters. The van der Waals surface area contributed by atoms with E-state index in [0.29, 0.717) is 5.69 Å². The Morgan fingerprint density at radius 3 is 2.22 bits per heavy atom. The first kappa shape index (κ1) is 15.7. The van der Waals surface area contributed by atoms with Crippen molar-refractivity contribution in [3.63, 3.8) is 0 Å². The van der Waals surface area contributed by atoms with Crippen molar-refractivity contribution in [1.29, 1.82) is 10.5 Å². The van der Waals surface area contributed by atoms with Crippen LogP contribution in [0.1, 0.15) is 12.5 Å². The van der Waals surface area contributed by atoms with Gasteiger partial charge in [0.25, 0.3) is 0 Å². The normalized spacial score (nSPS) is 10.1. The molecule has 0 aliphatic carbocycles. The molecule has 0 saturated carbocycles. The topological polar surface area (TPSA) is 96.4 Å². The number of para-hydroxylation sites is 2. The predicted octanol–water partition coefficient (Wildman–Crippen LogP) is 3.34. The lowest BCUT2D eigenvalue weighted by Crippen LogP contribution is -2.05. The maximum absolute atomic E-state index is 8.72. The summed E-state index contributed by atoms with van der Waals surface area (Å²) in [6, 6.07) is 20.4. The zero-order chi connectivity index (χ0) is 16.5. The first-order valence-electron chi connectivity index (χ1n) is 6.83. The van der Waals surface area contributed by atoms with Crippen LogP contribution in [0, 0.1) is 22.7 Å². The summed E-state index contributed by atoms with van der Waals surface area (Å²) in [6.07, 6.45) is 0. The van der Waals surface area contributed by atoms with E-state index < -0.39 is 0 Å². The molecule has 0 fully saturated rings. The van der Waals surface area contributed by atoms with Gasteiger partial charge in [-0.15, -0.1) is 0 Å². The summed E-state index contributed by atoms with van der Waals surface area (Å²) < 4.78 is 0. The average molecular weight is 302 g/mol. The Morgan fingerprint density at radius 1 is 0.870 bits per heavy atom. The van der Waals surface area contributed by atoms with Crippen LogP contribution < -0.4 is 10.9 Å². The summed E-state index contributed by atoms with van der Waals surface area (Å²) >= 11 is 0. The third-order valence-electron chi connectivity index (χ3n) is 2.94. The fourth-order valence-corrected chi connectivity index (χ4v) is 1.81. The number of hydrogen-bond acceptors (Lipinski definition) is 6. The molecule has 0 aromatic heterocycles. The maximum Gasteiger partial charge on any atom is 0.237 e. The van der Waals surface area contributed by atoms with E-state index in [4.69, 9.17) is 10.5 Å². The molecule has 2 N–H and O–H groups in total. The molecular weight excluding hydrogens is 288 g/mol. The standard InChI is InChI=1S/C17H14N6/c1-13(20-21-14-7-3-2-4-8-14)16-9-5-6-10-17(16)23-22-15(11-18)12-19/h2-10,21,23H,1H3. The quantitative estimate of drug-likeness (QED) is 0.654. The molecule has 2 aromatic rings. The highest BCUT2D eigenvalue weighted by molar-refractivity contribution is 6.10. The maximum atomic E-state index is 8.72. The van der Waals surface area contributed by atoms with Crippen molar-refractivity contribution in [3.05, 3.63) is 60.2 Å². The van der Waals surface area contributed by atoms with Crippen molar-refractivity contribution in [1.82, 2.24) is 0 Å². The number of nitrogens with one attached hydrogen (secondary N) is 2. The SMILES string of the molecule is CC(=NNc1ccccc1)c1ccccc1NN=C(C#N)C#N. The fourth-order valence-electron chi connectivity index (χ4n) is 1.81. The highest BCUT2D eigenvalue weighted by Gasteiger charge is 2.05. The molecule has 0 aliphatic heterocycles. The van der Waals surface area contributed by atoms with E-state index in [0.717, 1.165) is 17.0 Å². The minimum Gasteiger partial charge on any atom is -0.278 e. The van der Waals surface area contributed by atoms with E-state index in [2.05, 4.69) is 21.1 Å². The van der Waals surface area contributed by atoms with Crippen LogP contribution in [-0.4, -0.2) is 11.4 Å². The van der Waals surface area contributed by atoms with Gasteiger partial charge in [-0.1, -0.05) is 36.4 Å².